The average Bonchev–Trinajstić information content (AvgIpc) is 3.08. The maximum atomic E-state index is 12.5. The second kappa shape index (κ2) is 8.79. The predicted molar refractivity (Wildman–Crippen MR) is 109 cm³/mol. The Bertz CT molecular complexity index is 878. The summed E-state index contributed by atoms with van der Waals surface area (Å²) in [5, 5.41) is 3.99. The van der Waals surface area contributed by atoms with Crippen molar-refractivity contribution in [2.45, 2.75) is 26.4 Å². The van der Waals surface area contributed by atoms with E-state index in [1.807, 2.05) is 86.6 Å². The standard InChI is InChI=1S/C21H23N3O2S/c1-15(24(3)14-20-13-22-16(2)27-20)21(25)23-17-9-11-19(12-10-17)26-18-7-5-4-6-8-18/h4-13,15H,14H2,1-3H3,(H,23,25)/t15-/m0/s1. The quantitative estimate of drug-likeness (QED) is 0.644. The van der Waals surface area contributed by atoms with Crippen LogP contribution in [0.3, 0.4) is 0 Å². The number of carbonyl (C=O) groups is 1. The molecule has 1 aromatic heterocycles. The SMILES string of the molecule is Cc1ncc(CN(C)[C@@H](C)C(=O)Nc2ccc(Oc3ccccc3)cc2)s1. The molecule has 3 aromatic rings. The van der Waals surface area contributed by atoms with Gasteiger partial charge in [0, 0.05) is 23.3 Å². The molecule has 0 fully saturated rings. The van der Waals surface area contributed by atoms with Crippen LogP contribution in [0.1, 0.15) is 16.8 Å². The fourth-order valence-corrected chi connectivity index (χ4v) is 3.40. The molecule has 0 spiro atoms. The lowest BCUT2D eigenvalue weighted by Crippen LogP contribution is -2.39. The number of hydrogen-bond acceptors (Lipinski definition) is 5. The first-order valence-electron chi connectivity index (χ1n) is 8.76. The fraction of sp³-hybridized carbons (Fsp3) is 0.238. The monoisotopic (exact) mass is 381 g/mol. The Balaban J connectivity index is 1.55. The molecule has 1 atom stereocenters. The first-order chi connectivity index (χ1) is 13.0. The minimum atomic E-state index is -0.257. The molecule has 5 nitrogen and oxygen atoms in total. The number of hydrogen-bond donors (Lipinski definition) is 1. The Kier molecular flexibility index (Phi) is 6.21. The molecule has 2 aromatic carbocycles. The molecule has 3 rings (SSSR count). The third-order valence-electron chi connectivity index (χ3n) is 4.22. The van der Waals surface area contributed by atoms with Gasteiger partial charge in [-0.05, 0) is 57.3 Å². The van der Waals surface area contributed by atoms with Crippen LogP contribution in [0, 0.1) is 6.92 Å². The highest BCUT2D eigenvalue weighted by molar-refractivity contribution is 7.11. The van der Waals surface area contributed by atoms with Crippen molar-refractivity contribution in [2.75, 3.05) is 12.4 Å². The molecule has 0 aliphatic heterocycles. The van der Waals surface area contributed by atoms with Crippen LogP contribution in [0.15, 0.2) is 60.8 Å². The molecule has 0 aliphatic carbocycles. The van der Waals surface area contributed by atoms with Crippen LogP contribution in [0.5, 0.6) is 11.5 Å². The summed E-state index contributed by atoms with van der Waals surface area (Å²) in [6.45, 7) is 4.58. The van der Waals surface area contributed by atoms with Gasteiger partial charge in [0.1, 0.15) is 11.5 Å². The zero-order chi connectivity index (χ0) is 19.2. The second-order valence-electron chi connectivity index (χ2n) is 6.37. The van der Waals surface area contributed by atoms with Gasteiger partial charge in [0.2, 0.25) is 5.91 Å². The van der Waals surface area contributed by atoms with E-state index < -0.39 is 0 Å². The molecule has 140 valence electrons. The maximum absolute atomic E-state index is 12.5. The molecule has 0 bridgehead atoms. The van der Waals surface area contributed by atoms with E-state index in [9.17, 15) is 4.79 Å². The smallest absolute Gasteiger partial charge is 0.241 e. The molecule has 0 unspecified atom stereocenters. The summed E-state index contributed by atoms with van der Waals surface area (Å²) in [5.74, 6) is 1.46. The maximum Gasteiger partial charge on any atom is 0.241 e. The first-order valence-corrected chi connectivity index (χ1v) is 9.58. The number of para-hydroxylation sites is 1. The Morgan fingerprint density at radius 3 is 2.44 bits per heavy atom. The summed E-state index contributed by atoms with van der Waals surface area (Å²) in [5.41, 5.74) is 0.745. The van der Waals surface area contributed by atoms with Gasteiger partial charge >= 0.3 is 0 Å². The minimum absolute atomic E-state index is 0.0459. The summed E-state index contributed by atoms with van der Waals surface area (Å²) < 4.78 is 5.77. The van der Waals surface area contributed by atoms with E-state index in [0.717, 1.165) is 27.1 Å². The molecular weight excluding hydrogens is 358 g/mol. The third-order valence-corrected chi connectivity index (χ3v) is 5.11. The zero-order valence-corrected chi connectivity index (χ0v) is 16.5. The predicted octanol–water partition coefficient (Wildman–Crippen LogP) is 4.70. The van der Waals surface area contributed by atoms with E-state index in [1.54, 1.807) is 11.3 Å². The number of aromatic nitrogens is 1. The van der Waals surface area contributed by atoms with E-state index in [4.69, 9.17) is 4.74 Å². The number of nitrogens with zero attached hydrogens (tertiary/aromatic N) is 2. The van der Waals surface area contributed by atoms with Gasteiger partial charge in [-0.1, -0.05) is 18.2 Å². The van der Waals surface area contributed by atoms with Gasteiger partial charge in [-0.15, -0.1) is 11.3 Å². The van der Waals surface area contributed by atoms with Crippen molar-refractivity contribution >= 4 is 22.9 Å². The highest BCUT2D eigenvalue weighted by Crippen LogP contribution is 2.23. The van der Waals surface area contributed by atoms with Crippen LogP contribution in [-0.2, 0) is 11.3 Å². The van der Waals surface area contributed by atoms with Crippen LogP contribution in [0.2, 0.25) is 0 Å². The van der Waals surface area contributed by atoms with E-state index in [1.165, 1.54) is 0 Å². The van der Waals surface area contributed by atoms with Gasteiger partial charge < -0.3 is 10.1 Å². The number of ether oxygens (including phenoxy) is 1. The van der Waals surface area contributed by atoms with Crippen molar-refractivity contribution in [2.24, 2.45) is 0 Å². The highest BCUT2D eigenvalue weighted by Gasteiger charge is 2.19. The van der Waals surface area contributed by atoms with Crippen LogP contribution < -0.4 is 10.1 Å². The molecule has 6 heteroatoms. The molecular formula is C21H23N3O2S. The topological polar surface area (TPSA) is 54.5 Å². The summed E-state index contributed by atoms with van der Waals surface area (Å²) >= 11 is 1.65. The van der Waals surface area contributed by atoms with Gasteiger partial charge in [0.05, 0.1) is 11.0 Å². The van der Waals surface area contributed by atoms with Crippen LogP contribution in [-0.4, -0.2) is 28.9 Å². The summed E-state index contributed by atoms with van der Waals surface area (Å²) in [7, 11) is 1.94. The van der Waals surface area contributed by atoms with Gasteiger partial charge in [-0.3, -0.25) is 9.69 Å². The number of carbonyl (C=O) groups excluding carboxylic acids is 1. The van der Waals surface area contributed by atoms with Crippen LogP contribution in [0.4, 0.5) is 5.69 Å². The molecule has 1 N–H and O–H groups in total. The summed E-state index contributed by atoms with van der Waals surface area (Å²) in [6, 6.07) is 16.7. The van der Waals surface area contributed by atoms with Gasteiger partial charge in [-0.25, -0.2) is 4.98 Å². The largest absolute Gasteiger partial charge is 0.457 e. The molecule has 0 saturated heterocycles. The van der Waals surface area contributed by atoms with Crippen molar-refractivity contribution in [3.8, 4) is 11.5 Å². The van der Waals surface area contributed by atoms with Gasteiger partial charge in [0.15, 0.2) is 0 Å². The van der Waals surface area contributed by atoms with Crippen molar-refractivity contribution < 1.29 is 9.53 Å². The molecule has 27 heavy (non-hydrogen) atoms. The molecule has 0 radical (unpaired) electrons. The second-order valence-corrected chi connectivity index (χ2v) is 7.68. The van der Waals surface area contributed by atoms with Crippen molar-refractivity contribution in [1.29, 1.82) is 0 Å². The van der Waals surface area contributed by atoms with E-state index in [0.29, 0.717) is 6.54 Å². The first kappa shape index (κ1) is 19.1. The van der Waals surface area contributed by atoms with Gasteiger partial charge in [-0.2, -0.15) is 0 Å². The van der Waals surface area contributed by atoms with Crippen molar-refractivity contribution in [3.05, 3.63) is 70.7 Å². The van der Waals surface area contributed by atoms with E-state index in [2.05, 4.69) is 10.3 Å². The Morgan fingerprint density at radius 2 is 1.81 bits per heavy atom. The summed E-state index contributed by atoms with van der Waals surface area (Å²) in [6.07, 6.45) is 1.87. The Morgan fingerprint density at radius 1 is 1.15 bits per heavy atom. The lowest BCUT2D eigenvalue weighted by Gasteiger charge is -2.23. The third kappa shape index (κ3) is 5.39. The molecule has 1 amide bonds. The van der Waals surface area contributed by atoms with Crippen molar-refractivity contribution in [3.63, 3.8) is 0 Å². The molecule has 0 aliphatic rings. The number of benzene rings is 2. The highest BCUT2D eigenvalue weighted by atomic mass is 32.1. The van der Waals surface area contributed by atoms with E-state index in [-0.39, 0.29) is 11.9 Å². The van der Waals surface area contributed by atoms with Gasteiger partial charge in [0.25, 0.3) is 0 Å². The van der Waals surface area contributed by atoms with Crippen molar-refractivity contribution in [1.82, 2.24) is 9.88 Å². The van der Waals surface area contributed by atoms with E-state index >= 15 is 0 Å². The minimum Gasteiger partial charge on any atom is -0.457 e. The fourth-order valence-electron chi connectivity index (χ4n) is 2.54. The summed E-state index contributed by atoms with van der Waals surface area (Å²) in [4.78, 5) is 19.9. The number of nitrogens with one attached hydrogen (secondary N) is 1. The zero-order valence-electron chi connectivity index (χ0n) is 15.7. The number of aryl methyl sites for hydroxylation is 1. The number of thiazole rings is 1. The Hall–Kier alpha value is -2.70. The molecule has 0 saturated carbocycles. The normalized spacial score (nSPS) is 12.0. The number of anilines is 1. The Labute approximate surface area is 163 Å². The number of rotatable bonds is 7. The average molecular weight is 382 g/mol. The number of amides is 1. The number of likely N-dealkylation sites (N-methyl/N-ethyl adjacent to an activating group) is 1. The lowest BCUT2D eigenvalue weighted by atomic mass is 10.2. The lowest BCUT2D eigenvalue weighted by molar-refractivity contribution is -0.120. The molecule has 1 heterocycles. The van der Waals surface area contributed by atoms with Crippen LogP contribution >= 0.6 is 11.3 Å². The van der Waals surface area contributed by atoms with Crippen LogP contribution in [0.25, 0.3) is 0 Å².